The average Bonchev–Trinajstić information content (AvgIpc) is 3.12. The maximum absolute atomic E-state index is 13.8. The molecule has 2 aromatic rings. The van der Waals surface area contributed by atoms with Crippen molar-refractivity contribution in [3.8, 4) is 0 Å². The number of carbonyl (C=O) groups excluding carboxylic acids is 3. The Balaban J connectivity index is 1.54. The Bertz CT molecular complexity index is 1210. The van der Waals surface area contributed by atoms with Crippen molar-refractivity contribution in [2.24, 2.45) is 5.73 Å². The third-order valence-corrected chi connectivity index (χ3v) is 7.09. The summed E-state index contributed by atoms with van der Waals surface area (Å²) in [4.78, 5) is 43.5. The van der Waals surface area contributed by atoms with Gasteiger partial charge in [-0.3, -0.25) is 14.4 Å². The summed E-state index contributed by atoms with van der Waals surface area (Å²) >= 11 is 0. The number of piperazine rings is 1. The molecule has 2 aliphatic heterocycles. The minimum absolute atomic E-state index is 0.0497. The van der Waals surface area contributed by atoms with Crippen LogP contribution in [0.2, 0.25) is 0 Å². The minimum atomic E-state index is -1.19. The van der Waals surface area contributed by atoms with Crippen LogP contribution in [0.3, 0.4) is 0 Å². The van der Waals surface area contributed by atoms with Crippen LogP contribution in [-0.2, 0) is 32.1 Å². The topological polar surface area (TPSA) is 105 Å². The molecule has 0 aromatic heterocycles. The summed E-state index contributed by atoms with van der Waals surface area (Å²) in [6.07, 6.45) is 1.93. The largest absolute Gasteiger partial charge is 0.374 e. The third-order valence-electron chi connectivity index (χ3n) is 7.09. The van der Waals surface area contributed by atoms with Crippen molar-refractivity contribution >= 4 is 17.6 Å². The minimum Gasteiger partial charge on any atom is -0.374 e. The molecule has 0 bridgehead atoms. The zero-order valence-electron chi connectivity index (χ0n) is 22.1. The van der Waals surface area contributed by atoms with E-state index in [1.54, 1.807) is 37.0 Å². The second-order valence-electron chi connectivity index (χ2n) is 10.6. The molecule has 1 fully saturated rings. The monoisotopic (exact) mass is 522 g/mol. The molecule has 0 radical (unpaired) electrons. The van der Waals surface area contributed by atoms with Crippen molar-refractivity contribution in [3.05, 3.63) is 83.3 Å². The Kier molecular flexibility index (Phi) is 7.99. The molecule has 2 aromatic carbocycles. The summed E-state index contributed by atoms with van der Waals surface area (Å²) in [5.41, 5.74) is 6.37. The first-order valence-electron chi connectivity index (χ1n) is 12.7. The first-order valence-corrected chi connectivity index (χ1v) is 12.7. The summed E-state index contributed by atoms with van der Waals surface area (Å²) in [6, 6.07) is 14.6. The fourth-order valence-corrected chi connectivity index (χ4v) is 5.02. The van der Waals surface area contributed by atoms with Gasteiger partial charge in [0.2, 0.25) is 11.8 Å². The molecule has 2 amide bonds. The van der Waals surface area contributed by atoms with E-state index >= 15 is 0 Å². The van der Waals surface area contributed by atoms with E-state index < -0.39 is 23.0 Å². The fraction of sp³-hybridized carbons (Fsp3) is 0.414. The predicted molar refractivity (Wildman–Crippen MR) is 141 cm³/mol. The SMILES string of the molecule is CC1=CC(=O)C2(Cc3ccc(F)cc3)CN(C(=O)C(COCc3ccccc3)NC(=O)C(C)(C)N)CCN12. The Morgan fingerprint density at radius 1 is 1.11 bits per heavy atom. The molecule has 0 saturated carbocycles. The van der Waals surface area contributed by atoms with E-state index in [0.717, 1.165) is 16.8 Å². The molecule has 9 heteroatoms. The lowest BCUT2D eigenvalue weighted by molar-refractivity contribution is -0.145. The molecular formula is C29H35FN4O4. The predicted octanol–water partition coefficient (Wildman–Crippen LogP) is 2.18. The van der Waals surface area contributed by atoms with Gasteiger partial charge >= 0.3 is 0 Å². The lowest BCUT2D eigenvalue weighted by Gasteiger charge is -2.48. The standard InChI is InChI=1S/C29H35FN4O4/c1-20-15-25(35)29(16-21-9-11-23(30)12-10-21)19-33(13-14-34(20)29)26(36)24(32-27(37)28(2,3)31)18-38-17-22-7-5-4-6-8-22/h4-12,15,24H,13-14,16-19,31H2,1-3H3,(H,32,37). The van der Waals surface area contributed by atoms with Crippen LogP contribution in [0.15, 0.2) is 66.4 Å². The second kappa shape index (κ2) is 11.0. The molecule has 2 heterocycles. The lowest BCUT2D eigenvalue weighted by atomic mass is 9.84. The number of halogens is 1. The molecule has 3 N–H and O–H groups in total. The van der Waals surface area contributed by atoms with Gasteiger partial charge in [-0.15, -0.1) is 0 Å². The highest BCUT2D eigenvalue weighted by atomic mass is 19.1. The summed E-state index contributed by atoms with van der Waals surface area (Å²) in [5, 5.41) is 2.76. The van der Waals surface area contributed by atoms with Gasteiger partial charge in [-0.2, -0.15) is 0 Å². The summed E-state index contributed by atoms with van der Waals surface area (Å²) in [6.45, 7) is 6.20. The average molecular weight is 523 g/mol. The van der Waals surface area contributed by atoms with E-state index in [2.05, 4.69) is 5.32 Å². The lowest BCUT2D eigenvalue weighted by Crippen LogP contribution is -2.67. The molecule has 0 spiro atoms. The van der Waals surface area contributed by atoms with E-state index in [1.807, 2.05) is 42.2 Å². The van der Waals surface area contributed by atoms with Gasteiger partial charge in [0.25, 0.3) is 0 Å². The zero-order chi connectivity index (χ0) is 27.5. The number of benzene rings is 2. The van der Waals surface area contributed by atoms with Gasteiger partial charge < -0.3 is 25.6 Å². The smallest absolute Gasteiger partial charge is 0.247 e. The number of amides is 2. The highest BCUT2D eigenvalue weighted by molar-refractivity contribution is 6.02. The van der Waals surface area contributed by atoms with Crippen LogP contribution < -0.4 is 11.1 Å². The van der Waals surface area contributed by atoms with E-state index in [4.69, 9.17) is 10.5 Å². The Morgan fingerprint density at radius 3 is 2.45 bits per heavy atom. The van der Waals surface area contributed by atoms with Crippen LogP contribution in [-0.4, -0.2) is 70.8 Å². The maximum atomic E-state index is 13.8. The van der Waals surface area contributed by atoms with Crippen molar-refractivity contribution in [1.82, 2.24) is 15.1 Å². The number of nitrogens with zero attached hydrogens (tertiary/aromatic N) is 2. The number of fused-ring (bicyclic) bond motifs is 1. The van der Waals surface area contributed by atoms with Crippen molar-refractivity contribution in [2.45, 2.75) is 50.9 Å². The van der Waals surface area contributed by atoms with Gasteiger partial charge in [-0.05, 0) is 44.0 Å². The highest BCUT2D eigenvalue weighted by Crippen LogP contribution is 2.36. The molecule has 8 nitrogen and oxygen atoms in total. The number of ketones is 1. The van der Waals surface area contributed by atoms with Gasteiger partial charge in [-0.25, -0.2) is 4.39 Å². The maximum Gasteiger partial charge on any atom is 0.247 e. The zero-order valence-corrected chi connectivity index (χ0v) is 22.1. The van der Waals surface area contributed by atoms with Crippen LogP contribution in [0.5, 0.6) is 0 Å². The van der Waals surface area contributed by atoms with Gasteiger partial charge in [0.05, 0.1) is 25.3 Å². The van der Waals surface area contributed by atoms with Gasteiger partial charge in [0.1, 0.15) is 17.4 Å². The number of nitrogens with two attached hydrogens (primary N) is 1. The van der Waals surface area contributed by atoms with Gasteiger partial charge in [0.15, 0.2) is 5.78 Å². The van der Waals surface area contributed by atoms with Crippen LogP contribution >= 0.6 is 0 Å². The highest BCUT2D eigenvalue weighted by Gasteiger charge is 2.52. The number of rotatable bonds is 9. The molecule has 2 atom stereocenters. The first kappa shape index (κ1) is 27.5. The Hall–Kier alpha value is -3.56. The van der Waals surface area contributed by atoms with Crippen molar-refractivity contribution < 1.29 is 23.5 Å². The molecule has 2 aliphatic rings. The Morgan fingerprint density at radius 2 is 1.79 bits per heavy atom. The van der Waals surface area contributed by atoms with Gasteiger partial charge in [-0.1, -0.05) is 42.5 Å². The van der Waals surface area contributed by atoms with E-state index in [0.29, 0.717) is 19.5 Å². The number of hydrogen-bond donors (Lipinski definition) is 2. The first-order chi connectivity index (χ1) is 18.0. The molecule has 4 rings (SSSR count). The summed E-state index contributed by atoms with van der Waals surface area (Å²) < 4.78 is 19.4. The molecule has 38 heavy (non-hydrogen) atoms. The number of hydrogen-bond acceptors (Lipinski definition) is 6. The number of ether oxygens (including phenoxy) is 1. The van der Waals surface area contributed by atoms with E-state index in [1.165, 1.54) is 12.1 Å². The second-order valence-corrected chi connectivity index (χ2v) is 10.6. The molecule has 0 aliphatic carbocycles. The number of carbonyl (C=O) groups is 3. The molecule has 2 unspecified atom stereocenters. The van der Waals surface area contributed by atoms with Crippen molar-refractivity contribution in [3.63, 3.8) is 0 Å². The normalized spacial score (nSPS) is 20.1. The number of allylic oxidation sites excluding steroid dienone is 1. The van der Waals surface area contributed by atoms with Crippen molar-refractivity contribution in [2.75, 3.05) is 26.2 Å². The fourth-order valence-electron chi connectivity index (χ4n) is 5.02. The van der Waals surface area contributed by atoms with Crippen molar-refractivity contribution in [1.29, 1.82) is 0 Å². The van der Waals surface area contributed by atoms with Crippen LogP contribution in [0.4, 0.5) is 4.39 Å². The summed E-state index contributed by atoms with van der Waals surface area (Å²) in [7, 11) is 0. The van der Waals surface area contributed by atoms with Crippen LogP contribution in [0, 0.1) is 5.82 Å². The quantitative estimate of drug-likeness (QED) is 0.523. The third kappa shape index (κ3) is 5.95. The van der Waals surface area contributed by atoms with E-state index in [-0.39, 0.29) is 37.3 Å². The van der Waals surface area contributed by atoms with Crippen LogP contribution in [0.25, 0.3) is 0 Å². The Labute approximate surface area is 222 Å². The van der Waals surface area contributed by atoms with Gasteiger partial charge in [0, 0.05) is 31.3 Å². The molecular weight excluding hydrogens is 487 g/mol. The molecule has 202 valence electrons. The molecule has 1 saturated heterocycles. The van der Waals surface area contributed by atoms with Crippen LogP contribution in [0.1, 0.15) is 31.9 Å². The number of nitrogens with one attached hydrogen (secondary N) is 1. The van der Waals surface area contributed by atoms with E-state index in [9.17, 15) is 18.8 Å². The summed E-state index contributed by atoms with van der Waals surface area (Å²) in [5.74, 6) is -1.27.